The predicted molar refractivity (Wildman–Crippen MR) is 152 cm³/mol. The average molecular weight is 556 g/mol. The van der Waals surface area contributed by atoms with Gasteiger partial charge in [0.1, 0.15) is 5.75 Å². The third-order valence-electron chi connectivity index (χ3n) is 8.54. The molecule has 2 aliphatic carbocycles. The number of fused-ring (bicyclic) bond motifs is 2. The molecule has 2 aromatic rings. The second kappa shape index (κ2) is 11.7. The summed E-state index contributed by atoms with van der Waals surface area (Å²) in [6.07, 6.45) is 10.4. The van der Waals surface area contributed by atoms with Crippen LogP contribution in [-0.4, -0.2) is 35.5 Å². The first-order valence-electron chi connectivity index (χ1n) is 13.6. The number of halogens is 1. The molecule has 2 aromatic carbocycles. The summed E-state index contributed by atoms with van der Waals surface area (Å²) in [5.74, 6) is 1.53. The second-order valence-corrected chi connectivity index (χ2v) is 12.1. The average Bonchev–Trinajstić information content (AvgIpc) is 3.24. The molecule has 0 radical (unpaired) electrons. The number of hydrogen-bond donors (Lipinski definition) is 2. The molecular formula is C30H36ClN2O4S+. The first-order chi connectivity index (χ1) is 18.4. The highest BCUT2D eigenvalue weighted by Gasteiger charge is 2.48. The van der Waals surface area contributed by atoms with E-state index in [0.717, 1.165) is 61.5 Å². The van der Waals surface area contributed by atoms with Crippen LogP contribution >= 0.6 is 11.6 Å². The number of carbonyl (C=O) groups excluding carboxylic acids is 1. The molecule has 38 heavy (non-hydrogen) atoms. The van der Waals surface area contributed by atoms with Crippen LogP contribution in [0.2, 0.25) is 5.02 Å². The van der Waals surface area contributed by atoms with Crippen molar-refractivity contribution in [1.29, 1.82) is 0 Å². The van der Waals surface area contributed by atoms with Crippen molar-refractivity contribution in [3.8, 4) is 5.75 Å². The number of aryl methyl sites for hydroxylation is 1. The van der Waals surface area contributed by atoms with Gasteiger partial charge in [-0.15, -0.1) is 0 Å². The van der Waals surface area contributed by atoms with E-state index >= 15 is 0 Å². The highest BCUT2D eigenvalue weighted by atomic mass is 35.5. The number of benzene rings is 2. The number of ether oxygens (including phenoxy) is 1. The van der Waals surface area contributed by atoms with Crippen LogP contribution in [-0.2, 0) is 28.8 Å². The van der Waals surface area contributed by atoms with E-state index in [1.54, 1.807) is 6.07 Å². The minimum absolute atomic E-state index is 0.148. The minimum atomic E-state index is -0.838. The number of rotatable bonds is 7. The number of carbonyl (C=O) groups is 1. The van der Waals surface area contributed by atoms with Gasteiger partial charge in [0.05, 0.1) is 17.9 Å². The van der Waals surface area contributed by atoms with E-state index in [-0.39, 0.29) is 17.8 Å². The van der Waals surface area contributed by atoms with Crippen LogP contribution in [0.15, 0.2) is 48.6 Å². The number of amides is 1. The number of anilines is 1. The topological polar surface area (TPSA) is 92.9 Å². The molecule has 1 fully saturated rings. The Balaban J connectivity index is 1.46. The van der Waals surface area contributed by atoms with Gasteiger partial charge >= 0.3 is 11.7 Å². The van der Waals surface area contributed by atoms with Gasteiger partial charge in [0.25, 0.3) is 0 Å². The zero-order valence-corrected chi connectivity index (χ0v) is 23.2. The zero-order valence-electron chi connectivity index (χ0n) is 21.6. The quantitative estimate of drug-likeness (QED) is 0.357. The standard InChI is InChI=1S/C30H35ClN2O4S/c31-25-7-4-23-18-33(19-24-5-8-26(24)30(35)12-10-20(17-30)11-14-38-36)27-16-22(29(32)34)6-9-28(27)37-13-2-1-3-21(23)15-25/h4,6-7,9-10,12,15-16,20,24,26,35H,1-3,5,8,11,13-14,17-19H2,(H-,32,34)/p+1/t20?,24-,26+,30?/m0/s1. The molecular weight excluding hydrogens is 520 g/mol. The first kappa shape index (κ1) is 27.1. The summed E-state index contributed by atoms with van der Waals surface area (Å²) in [5.41, 5.74) is 8.58. The summed E-state index contributed by atoms with van der Waals surface area (Å²) in [5, 5.41) is 12.3. The summed E-state index contributed by atoms with van der Waals surface area (Å²) in [7, 11) is 0. The Hall–Kier alpha value is -2.48. The van der Waals surface area contributed by atoms with Crippen LogP contribution in [0.4, 0.5) is 5.69 Å². The molecule has 2 unspecified atom stereocenters. The van der Waals surface area contributed by atoms with Crippen LogP contribution in [0.25, 0.3) is 0 Å². The number of hydrogen-bond acceptors (Lipinski definition) is 5. The molecule has 3 N–H and O–H groups in total. The molecule has 3 aliphatic rings. The zero-order chi connectivity index (χ0) is 26.7. The maximum absolute atomic E-state index is 12.1. The summed E-state index contributed by atoms with van der Waals surface area (Å²) in [6, 6.07) is 11.5. The van der Waals surface area contributed by atoms with Crippen molar-refractivity contribution in [2.45, 2.75) is 57.1 Å². The molecule has 0 bridgehead atoms. The summed E-state index contributed by atoms with van der Waals surface area (Å²) in [6.45, 7) is 1.96. The number of aliphatic hydroxyl groups is 1. The van der Waals surface area contributed by atoms with Gasteiger partial charge in [-0.25, -0.2) is 0 Å². The van der Waals surface area contributed by atoms with E-state index in [2.05, 4.69) is 23.1 Å². The molecule has 202 valence electrons. The summed E-state index contributed by atoms with van der Waals surface area (Å²) < 4.78 is 17.1. The molecule has 0 saturated heterocycles. The third kappa shape index (κ3) is 5.90. The largest absolute Gasteiger partial charge is 0.491 e. The first-order valence-corrected chi connectivity index (χ1v) is 14.9. The lowest BCUT2D eigenvalue weighted by Crippen LogP contribution is -2.49. The number of nitrogens with zero attached hydrogens (tertiary/aromatic N) is 1. The third-order valence-corrected chi connectivity index (χ3v) is 9.18. The van der Waals surface area contributed by atoms with Crippen LogP contribution in [0.3, 0.4) is 0 Å². The number of allylic oxidation sites excluding steroid dienone is 1. The number of primary amides is 1. The van der Waals surface area contributed by atoms with Gasteiger partial charge in [0.15, 0.2) is 0 Å². The van der Waals surface area contributed by atoms with Crippen LogP contribution in [0, 0.1) is 17.8 Å². The van der Waals surface area contributed by atoms with Crippen molar-refractivity contribution in [2.75, 3.05) is 23.8 Å². The lowest BCUT2D eigenvalue weighted by Gasteiger charge is -2.47. The fourth-order valence-electron chi connectivity index (χ4n) is 6.33. The molecule has 1 saturated carbocycles. The van der Waals surface area contributed by atoms with Gasteiger partial charge in [0, 0.05) is 34.3 Å². The predicted octanol–water partition coefficient (Wildman–Crippen LogP) is 5.31. The van der Waals surface area contributed by atoms with Crippen LogP contribution in [0.5, 0.6) is 5.75 Å². The smallest absolute Gasteiger partial charge is 0.458 e. The summed E-state index contributed by atoms with van der Waals surface area (Å²) in [4.78, 5) is 14.4. The van der Waals surface area contributed by atoms with Crippen molar-refractivity contribution in [2.24, 2.45) is 23.5 Å². The Morgan fingerprint density at radius 2 is 2.05 bits per heavy atom. The lowest BCUT2D eigenvalue weighted by molar-refractivity contribution is -0.0496. The van der Waals surface area contributed by atoms with E-state index in [4.69, 9.17) is 22.1 Å². The second-order valence-electron chi connectivity index (χ2n) is 11.0. The Morgan fingerprint density at radius 1 is 1.18 bits per heavy atom. The maximum Gasteiger partial charge on any atom is 0.458 e. The van der Waals surface area contributed by atoms with Gasteiger partial charge in [-0.3, -0.25) is 4.79 Å². The monoisotopic (exact) mass is 555 g/mol. The lowest BCUT2D eigenvalue weighted by atomic mass is 9.64. The van der Waals surface area contributed by atoms with E-state index < -0.39 is 11.5 Å². The molecule has 0 spiro atoms. The summed E-state index contributed by atoms with van der Waals surface area (Å²) >= 11 is 6.99. The highest BCUT2D eigenvalue weighted by molar-refractivity contribution is 7.65. The van der Waals surface area contributed by atoms with E-state index in [1.165, 1.54) is 11.1 Å². The fourth-order valence-corrected chi connectivity index (χ4v) is 6.93. The molecule has 8 heteroatoms. The van der Waals surface area contributed by atoms with E-state index in [9.17, 15) is 14.1 Å². The van der Waals surface area contributed by atoms with E-state index in [1.807, 2.05) is 24.3 Å². The molecule has 1 aliphatic heterocycles. The van der Waals surface area contributed by atoms with Gasteiger partial charge < -0.3 is 20.5 Å². The number of nitrogens with two attached hydrogens (primary N) is 1. The molecule has 6 nitrogen and oxygen atoms in total. The Labute approximate surface area is 233 Å². The van der Waals surface area contributed by atoms with Crippen molar-refractivity contribution in [1.82, 2.24) is 0 Å². The van der Waals surface area contributed by atoms with Crippen LogP contribution < -0.4 is 15.4 Å². The normalized spacial score (nSPS) is 26.9. The molecule has 0 aromatic heterocycles. The Bertz CT molecular complexity index is 1220. The van der Waals surface area contributed by atoms with Gasteiger partial charge in [-0.1, -0.05) is 29.8 Å². The van der Waals surface area contributed by atoms with Crippen molar-refractivity contribution >= 4 is 34.9 Å². The van der Waals surface area contributed by atoms with Crippen LogP contribution in [0.1, 0.15) is 60.0 Å². The van der Waals surface area contributed by atoms with E-state index in [0.29, 0.717) is 42.6 Å². The molecule has 1 heterocycles. The molecule has 1 amide bonds. The molecule has 5 rings (SSSR count). The SMILES string of the molecule is NC(=O)c1ccc2c(c1)N(C[C@@H]1CC[C@H]1C1(O)C=CC(CC[S+]=O)C1)Cc1ccc(Cl)cc1CCCCO2. The van der Waals surface area contributed by atoms with Crippen molar-refractivity contribution in [3.05, 3.63) is 70.3 Å². The highest BCUT2D eigenvalue weighted by Crippen LogP contribution is 2.49. The van der Waals surface area contributed by atoms with Gasteiger partial charge in [-0.05, 0) is 97.7 Å². The minimum Gasteiger partial charge on any atom is -0.491 e. The molecule has 4 atom stereocenters. The Kier molecular flexibility index (Phi) is 8.36. The maximum atomic E-state index is 12.1. The fraction of sp³-hybridized carbons (Fsp3) is 0.500. The van der Waals surface area contributed by atoms with Gasteiger partial charge in [-0.2, -0.15) is 0 Å². The van der Waals surface area contributed by atoms with Crippen molar-refractivity contribution < 1.29 is 18.8 Å². The van der Waals surface area contributed by atoms with Gasteiger partial charge in [0.2, 0.25) is 11.7 Å². The van der Waals surface area contributed by atoms with Crippen molar-refractivity contribution in [3.63, 3.8) is 0 Å². The Morgan fingerprint density at radius 3 is 2.82 bits per heavy atom.